The summed E-state index contributed by atoms with van der Waals surface area (Å²) in [6, 6.07) is 3.75. The Labute approximate surface area is 124 Å². The lowest BCUT2D eigenvalue weighted by Crippen LogP contribution is -2.25. The number of hydrogen-bond acceptors (Lipinski definition) is 1. The van der Waals surface area contributed by atoms with Crippen molar-refractivity contribution in [2.45, 2.75) is 13.0 Å². The first-order valence-corrected chi connectivity index (χ1v) is 6.64. The van der Waals surface area contributed by atoms with Gasteiger partial charge in [-0.2, -0.15) is 0 Å². The molecular formula is C15H12ClF4N. The van der Waals surface area contributed by atoms with E-state index in [2.05, 4.69) is 5.32 Å². The average molecular weight is 318 g/mol. The molecule has 0 aliphatic rings. The third kappa shape index (κ3) is 3.36. The number of benzene rings is 2. The molecule has 1 unspecified atom stereocenters. The van der Waals surface area contributed by atoms with Gasteiger partial charge < -0.3 is 5.32 Å². The van der Waals surface area contributed by atoms with E-state index < -0.39 is 34.9 Å². The van der Waals surface area contributed by atoms with Crippen LogP contribution in [0.1, 0.15) is 24.1 Å². The minimum Gasteiger partial charge on any atom is -0.306 e. The molecule has 0 saturated carbocycles. The van der Waals surface area contributed by atoms with Gasteiger partial charge in [-0.1, -0.05) is 18.5 Å². The summed E-state index contributed by atoms with van der Waals surface area (Å²) in [6.07, 6.45) is 0. The van der Waals surface area contributed by atoms with Gasteiger partial charge in [0.1, 0.15) is 23.3 Å². The summed E-state index contributed by atoms with van der Waals surface area (Å²) in [5.41, 5.74) is -0.451. The van der Waals surface area contributed by atoms with E-state index >= 15 is 0 Å². The van der Waals surface area contributed by atoms with E-state index in [1.165, 1.54) is 12.1 Å². The molecule has 6 heteroatoms. The molecule has 0 heterocycles. The highest BCUT2D eigenvalue weighted by atomic mass is 35.5. The molecular weight excluding hydrogens is 306 g/mol. The lowest BCUT2D eigenvalue weighted by Gasteiger charge is -2.21. The Kier molecular flexibility index (Phi) is 4.85. The lowest BCUT2D eigenvalue weighted by atomic mass is 9.97. The van der Waals surface area contributed by atoms with Crippen LogP contribution in [0.3, 0.4) is 0 Å². The van der Waals surface area contributed by atoms with Crippen LogP contribution < -0.4 is 5.32 Å². The Bertz CT molecular complexity index is 637. The van der Waals surface area contributed by atoms with Gasteiger partial charge in [-0.25, -0.2) is 17.6 Å². The summed E-state index contributed by atoms with van der Waals surface area (Å²) in [5.74, 6) is -3.86. The van der Waals surface area contributed by atoms with Crippen LogP contribution in [0.2, 0.25) is 5.02 Å². The van der Waals surface area contributed by atoms with Crippen LogP contribution in [0.4, 0.5) is 17.6 Å². The molecule has 1 N–H and O–H groups in total. The zero-order valence-corrected chi connectivity index (χ0v) is 11.8. The molecule has 0 aliphatic heterocycles. The maximum atomic E-state index is 14.0. The number of hydrogen-bond donors (Lipinski definition) is 1. The van der Waals surface area contributed by atoms with Gasteiger partial charge in [0, 0.05) is 28.3 Å². The lowest BCUT2D eigenvalue weighted by molar-refractivity contribution is 0.481. The van der Waals surface area contributed by atoms with Crippen molar-refractivity contribution in [1.29, 1.82) is 0 Å². The summed E-state index contributed by atoms with van der Waals surface area (Å²) >= 11 is 5.81. The molecule has 0 saturated heterocycles. The topological polar surface area (TPSA) is 12.0 Å². The van der Waals surface area contributed by atoms with Crippen molar-refractivity contribution < 1.29 is 17.6 Å². The van der Waals surface area contributed by atoms with Gasteiger partial charge in [0.15, 0.2) is 0 Å². The summed E-state index contributed by atoms with van der Waals surface area (Å²) in [6.45, 7) is 2.03. The summed E-state index contributed by atoms with van der Waals surface area (Å²) < 4.78 is 54.8. The van der Waals surface area contributed by atoms with E-state index in [1.54, 1.807) is 6.92 Å². The smallest absolute Gasteiger partial charge is 0.134 e. The summed E-state index contributed by atoms with van der Waals surface area (Å²) in [5, 5.41) is 3.02. The molecule has 2 aromatic carbocycles. The highest BCUT2D eigenvalue weighted by molar-refractivity contribution is 6.30. The highest BCUT2D eigenvalue weighted by Crippen LogP contribution is 2.30. The normalized spacial score (nSPS) is 12.5. The fourth-order valence-electron chi connectivity index (χ4n) is 2.14. The van der Waals surface area contributed by atoms with Gasteiger partial charge in [-0.05, 0) is 24.7 Å². The second-order valence-corrected chi connectivity index (χ2v) is 4.88. The average Bonchev–Trinajstić information content (AvgIpc) is 2.39. The van der Waals surface area contributed by atoms with Crippen LogP contribution in [0.15, 0.2) is 30.3 Å². The van der Waals surface area contributed by atoms with E-state index in [-0.39, 0.29) is 10.6 Å². The second kappa shape index (κ2) is 6.45. The molecule has 21 heavy (non-hydrogen) atoms. The van der Waals surface area contributed by atoms with Crippen molar-refractivity contribution in [2.24, 2.45) is 0 Å². The molecule has 0 bridgehead atoms. The van der Waals surface area contributed by atoms with Crippen molar-refractivity contribution in [3.8, 4) is 0 Å². The van der Waals surface area contributed by atoms with Gasteiger partial charge in [0.05, 0.1) is 6.04 Å². The fourth-order valence-corrected chi connectivity index (χ4v) is 2.32. The molecule has 0 aliphatic carbocycles. The number of rotatable bonds is 4. The predicted molar refractivity (Wildman–Crippen MR) is 73.2 cm³/mol. The first-order chi connectivity index (χ1) is 9.93. The van der Waals surface area contributed by atoms with Gasteiger partial charge in [-0.15, -0.1) is 0 Å². The molecule has 2 aromatic rings. The predicted octanol–water partition coefficient (Wildman–Crippen LogP) is 4.60. The Hall–Kier alpha value is -1.59. The molecule has 0 aromatic heterocycles. The number of nitrogens with one attached hydrogen (secondary N) is 1. The molecule has 1 atom stereocenters. The van der Waals surface area contributed by atoms with Crippen LogP contribution in [0.5, 0.6) is 0 Å². The fraction of sp³-hybridized carbons (Fsp3) is 0.200. The quantitative estimate of drug-likeness (QED) is 0.813. The summed E-state index contributed by atoms with van der Waals surface area (Å²) in [7, 11) is 0. The van der Waals surface area contributed by atoms with Crippen molar-refractivity contribution in [2.75, 3.05) is 6.54 Å². The Morgan fingerprint density at radius 2 is 1.62 bits per heavy atom. The van der Waals surface area contributed by atoms with Crippen LogP contribution >= 0.6 is 11.6 Å². The van der Waals surface area contributed by atoms with Gasteiger partial charge in [-0.3, -0.25) is 0 Å². The maximum absolute atomic E-state index is 14.0. The zero-order valence-electron chi connectivity index (χ0n) is 11.1. The molecule has 112 valence electrons. The molecule has 0 radical (unpaired) electrons. The molecule has 1 nitrogen and oxygen atoms in total. The zero-order chi connectivity index (χ0) is 15.6. The number of halogens is 5. The largest absolute Gasteiger partial charge is 0.306 e. The van der Waals surface area contributed by atoms with Crippen LogP contribution in [0, 0.1) is 23.3 Å². The SMILES string of the molecule is CCNC(c1cc(Cl)ccc1F)c1c(F)cc(F)cc1F. The first-order valence-electron chi connectivity index (χ1n) is 6.26. The van der Waals surface area contributed by atoms with Gasteiger partial charge in [0.25, 0.3) is 0 Å². The molecule has 0 amide bonds. The van der Waals surface area contributed by atoms with E-state index in [4.69, 9.17) is 11.6 Å². The van der Waals surface area contributed by atoms with Crippen LogP contribution in [-0.4, -0.2) is 6.54 Å². The Morgan fingerprint density at radius 1 is 1.00 bits per heavy atom. The second-order valence-electron chi connectivity index (χ2n) is 4.44. The van der Waals surface area contributed by atoms with E-state index in [9.17, 15) is 17.6 Å². The van der Waals surface area contributed by atoms with E-state index in [0.29, 0.717) is 18.7 Å². The highest BCUT2D eigenvalue weighted by Gasteiger charge is 2.25. The Balaban J connectivity index is 2.61. The van der Waals surface area contributed by atoms with Gasteiger partial charge >= 0.3 is 0 Å². The third-order valence-electron chi connectivity index (χ3n) is 3.01. The maximum Gasteiger partial charge on any atom is 0.134 e. The minimum absolute atomic E-state index is 0.00578. The molecule has 0 fully saturated rings. The third-order valence-corrected chi connectivity index (χ3v) is 3.24. The van der Waals surface area contributed by atoms with Crippen LogP contribution in [0.25, 0.3) is 0 Å². The van der Waals surface area contributed by atoms with Crippen LogP contribution in [-0.2, 0) is 0 Å². The summed E-state index contributed by atoms with van der Waals surface area (Å²) in [4.78, 5) is 0. The first kappa shape index (κ1) is 15.8. The van der Waals surface area contributed by atoms with Gasteiger partial charge in [0.2, 0.25) is 0 Å². The monoisotopic (exact) mass is 317 g/mol. The standard InChI is InChI=1S/C15H12ClF4N/c1-2-21-15(10-5-8(16)3-4-11(10)18)14-12(19)6-9(17)7-13(14)20/h3-7,15,21H,2H2,1H3. The molecule has 2 rings (SSSR count). The molecule has 0 spiro atoms. The minimum atomic E-state index is -1.10. The van der Waals surface area contributed by atoms with E-state index in [0.717, 1.165) is 6.07 Å². The van der Waals surface area contributed by atoms with Crippen molar-refractivity contribution in [3.05, 3.63) is 69.8 Å². The van der Waals surface area contributed by atoms with Crippen molar-refractivity contribution >= 4 is 11.6 Å². The Morgan fingerprint density at radius 3 is 2.19 bits per heavy atom. The van der Waals surface area contributed by atoms with E-state index in [1.807, 2.05) is 0 Å². The van der Waals surface area contributed by atoms with Crippen molar-refractivity contribution in [3.63, 3.8) is 0 Å². The van der Waals surface area contributed by atoms with Crippen molar-refractivity contribution in [1.82, 2.24) is 5.32 Å².